The van der Waals surface area contributed by atoms with E-state index in [0.717, 1.165) is 87.8 Å². The molecular weight excluding hydrogens is 378 g/mol. The van der Waals surface area contributed by atoms with E-state index in [1.807, 2.05) is 23.1 Å². The van der Waals surface area contributed by atoms with Crippen LogP contribution in [0.4, 0.5) is 0 Å². The zero-order valence-corrected chi connectivity index (χ0v) is 18.0. The predicted molar refractivity (Wildman–Crippen MR) is 120 cm³/mol. The Bertz CT molecular complexity index is 830. The average Bonchev–Trinajstić information content (AvgIpc) is 3.43. The second-order valence-electron chi connectivity index (χ2n) is 8.09. The molecule has 2 aromatic rings. The van der Waals surface area contributed by atoms with Crippen LogP contribution < -0.4 is 5.32 Å². The first-order valence-electron chi connectivity index (χ1n) is 11.2. The van der Waals surface area contributed by atoms with E-state index in [1.54, 1.807) is 0 Å². The maximum absolute atomic E-state index is 12.4. The van der Waals surface area contributed by atoms with Crippen LogP contribution in [0.1, 0.15) is 25.5 Å². The van der Waals surface area contributed by atoms with Crippen molar-refractivity contribution in [3.05, 3.63) is 36.1 Å². The average molecular weight is 412 g/mol. The first kappa shape index (κ1) is 20.7. The summed E-state index contributed by atoms with van der Waals surface area (Å²) in [5.41, 5.74) is 0.933. The van der Waals surface area contributed by atoms with Gasteiger partial charge in [0.2, 0.25) is 5.91 Å². The van der Waals surface area contributed by atoms with Gasteiger partial charge in [-0.05, 0) is 31.9 Å². The molecule has 2 aliphatic rings. The Kier molecular flexibility index (Phi) is 6.89. The van der Waals surface area contributed by atoms with E-state index >= 15 is 0 Å². The highest BCUT2D eigenvalue weighted by Gasteiger charge is 2.24. The van der Waals surface area contributed by atoms with Gasteiger partial charge in [0.15, 0.2) is 5.96 Å². The summed E-state index contributed by atoms with van der Waals surface area (Å²) >= 11 is 0. The number of hydrogen-bond donors (Lipinski definition) is 1. The van der Waals surface area contributed by atoms with E-state index in [1.165, 1.54) is 0 Å². The van der Waals surface area contributed by atoms with Crippen LogP contribution in [-0.2, 0) is 11.2 Å². The molecule has 1 amide bonds. The molecule has 7 heteroatoms. The second-order valence-corrected chi connectivity index (χ2v) is 8.09. The van der Waals surface area contributed by atoms with Gasteiger partial charge >= 0.3 is 0 Å². The molecule has 0 saturated carbocycles. The van der Waals surface area contributed by atoms with Crippen molar-refractivity contribution in [2.24, 2.45) is 4.99 Å². The number of benzene rings is 1. The Morgan fingerprint density at radius 3 is 2.57 bits per heavy atom. The Labute approximate surface area is 178 Å². The van der Waals surface area contributed by atoms with Gasteiger partial charge in [0.1, 0.15) is 11.3 Å². The molecule has 1 aromatic heterocycles. The third-order valence-electron chi connectivity index (χ3n) is 5.92. The highest BCUT2D eigenvalue weighted by Crippen LogP contribution is 2.19. The van der Waals surface area contributed by atoms with Gasteiger partial charge in [-0.3, -0.25) is 14.7 Å². The fourth-order valence-corrected chi connectivity index (χ4v) is 4.23. The zero-order valence-electron chi connectivity index (χ0n) is 18.0. The molecule has 1 aromatic carbocycles. The normalized spacial score (nSPS) is 18.4. The number of fused-ring (bicyclic) bond motifs is 1. The van der Waals surface area contributed by atoms with Crippen molar-refractivity contribution in [1.82, 2.24) is 20.0 Å². The fourth-order valence-electron chi connectivity index (χ4n) is 4.23. The first-order valence-corrected chi connectivity index (χ1v) is 11.2. The van der Waals surface area contributed by atoms with Crippen LogP contribution in [0.15, 0.2) is 39.7 Å². The lowest BCUT2D eigenvalue weighted by atomic mass is 10.2. The number of rotatable bonds is 6. The lowest BCUT2D eigenvalue weighted by Gasteiger charge is -2.36. The lowest BCUT2D eigenvalue weighted by Crippen LogP contribution is -2.54. The van der Waals surface area contributed by atoms with Crippen LogP contribution >= 0.6 is 0 Å². The van der Waals surface area contributed by atoms with Gasteiger partial charge in [-0.1, -0.05) is 18.2 Å². The SMILES string of the molecule is CCNC(=NCCc1cc2ccccc2o1)N1CCN(CC(=O)N2CCCC2)CC1. The van der Waals surface area contributed by atoms with Crippen molar-refractivity contribution in [1.29, 1.82) is 0 Å². The number of guanidine groups is 1. The van der Waals surface area contributed by atoms with Gasteiger partial charge in [-0.15, -0.1) is 0 Å². The number of furan rings is 1. The third-order valence-corrected chi connectivity index (χ3v) is 5.92. The molecule has 0 unspecified atom stereocenters. The summed E-state index contributed by atoms with van der Waals surface area (Å²) in [6, 6.07) is 10.2. The van der Waals surface area contributed by atoms with Crippen LogP contribution in [0.3, 0.4) is 0 Å². The van der Waals surface area contributed by atoms with Crippen LogP contribution in [0.2, 0.25) is 0 Å². The van der Waals surface area contributed by atoms with E-state index in [2.05, 4.69) is 34.2 Å². The van der Waals surface area contributed by atoms with Gasteiger partial charge in [0, 0.05) is 64.2 Å². The summed E-state index contributed by atoms with van der Waals surface area (Å²) in [5, 5.41) is 4.56. The largest absolute Gasteiger partial charge is 0.461 e. The first-order chi connectivity index (χ1) is 14.7. The second kappa shape index (κ2) is 9.98. The maximum atomic E-state index is 12.4. The Morgan fingerprint density at radius 1 is 1.07 bits per heavy atom. The molecule has 2 aliphatic heterocycles. The van der Waals surface area contributed by atoms with E-state index in [-0.39, 0.29) is 5.91 Å². The van der Waals surface area contributed by atoms with Gasteiger partial charge in [0.05, 0.1) is 6.54 Å². The molecule has 162 valence electrons. The predicted octanol–water partition coefficient (Wildman–Crippen LogP) is 2.18. The molecule has 2 fully saturated rings. The van der Waals surface area contributed by atoms with Gasteiger partial charge in [-0.2, -0.15) is 0 Å². The third kappa shape index (κ3) is 5.14. The Hall–Kier alpha value is -2.54. The van der Waals surface area contributed by atoms with Crippen LogP contribution in [-0.4, -0.2) is 85.5 Å². The monoisotopic (exact) mass is 411 g/mol. The highest BCUT2D eigenvalue weighted by atomic mass is 16.3. The summed E-state index contributed by atoms with van der Waals surface area (Å²) in [4.78, 5) is 23.8. The van der Waals surface area contributed by atoms with Crippen molar-refractivity contribution in [2.45, 2.75) is 26.2 Å². The maximum Gasteiger partial charge on any atom is 0.236 e. The molecule has 3 heterocycles. The number of aliphatic imine (C=N–C) groups is 1. The summed E-state index contributed by atoms with van der Waals surface area (Å²) in [6.45, 7) is 9.62. The smallest absolute Gasteiger partial charge is 0.236 e. The minimum Gasteiger partial charge on any atom is -0.461 e. The molecule has 0 atom stereocenters. The van der Waals surface area contributed by atoms with Crippen molar-refractivity contribution in [2.75, 3.05) is 58.9 Å². The van der Waals surface area contributed by atoms with Gasteiger partial charge < -0.3 is 19.5 Å². The molecule has 0 radical (unpaired) electrons. The Balaban J connectivity index is 1.27. The number of carbonyl (C=O) groups is 1. The van der Waals surface area contributed by atoms with Gasteiger partial charge in [0.25, 0.3) is 0 Å². The Morgan fingerprint density at radius 2 is 1.83 bits per heavy atom. The standard InChI is InChI=1S/C23H33N5O2/c1-2-24-23(25-10-9-20-17-19-7-3-4-8-21(19)30-20)28-15-13-26(14-16-28)18-22(29)27-11-5-6-12-27/h3-4,7-8,17H,2,5-6,9-16,18H2,1H3,(H,24,25). The molecule has 0 aliphatic carbocycles. The molecule has 2 saturated heterocycles. The highest BCUT2D eigenvalue weighted by molar-refractivity contribution is 5.81. The number of para-hydroxylation sites is 1. The van der Waals surface area contributed by atoms with Crippen molar-refractivity contribution < 1.29 is 9.21 Å². The summed E-state index contributed by atoms with van der Waals surface area (Å²) in [5.74, 6) is 2.22. The molecule has 4 rings (SSSR count). The van der Waals surface area contributed by atoms with E-state index in [4.69, 9.17) is 9.41 Å². The quantitative estimate of drug-likeness (QED) is 0.583. The summed E-state index contributed by atoms with van der Waals surface area (Å²) in [6.07, 6.45) is 3.08. The molecule has 7 nitrogen and oxygen atoms in total. The van der Waals surface area contributed by atoms with Gasteiger partial charge in [-0.25, -0.2) is 0 Å². The molecule has 0 bridgehead atoms. The molecule has 0 spiro atoms. The number of nitrogens with one attached hydrogen (secondary N) is 1. The minimum atomic E-state index is 0.285. The number of carbonyl (C=O) groups excluding carboxylic acids is 1. The van der Waals surface area contributed by atoms with E-state index in [0.29, 0.717) is 13.1 Å². The zero-order chi connectivity index (χ0) is 20.8. The summed E-state index contributed by atoms with van der Waals surface area (Å²) in [7, 11) is 0. The topological polar surface area (TPSA) is 64.3 Å². The molecule has 1 N–H and O–H groups in total. The number of nitrogens with zero attached hydrogens (tertiary/aromatic N) is 4. The number of hydrogen-bond acceptors (Lipinski definition) is 4. The molecular formula is C23H33N5O2. The van der Waals surface area contributed by atoms with E-state index < -0.39 is 0 Å². The van der Waals surface area contributed by atoms with Crippen LogP contribution in [0.5, 0.6) is 0 Å². The minimum absolute atomic E-state index is 0.285. The number of amides is 1. The summed E-state index contributed by atoms with van der Waals surface area (Å²) < 4.78 is 5.90. The van der Waals surface area contributed by atoms with Crippen LogP contribution in [0, 0.1) is 0 Å². The number of likely N-dealkylation sites (tertiary alicyclic amines) is 1. The van der Waals surface area contributed by atoms with E-state index in [9.17, 15) is 4.79 Å². The van der Waals surface area contributed by atoms with Crippen molar-refractivity contribution >= 4 is 22.8 Å². The lowest BCUT2D eigenvalue weighted by molar-refractivity contribution is -0.131. The fraction of sp³-hybridized carbons (Fsp3) is 0.565. The van der Waals surface area contributed by atoms with Crippen LogP contribution in [0.25, 0.3) is 11.0 Å². The number of piperazine rings is 1. The van der Waals surface area contributed by atoms with Crippen molar-refractivity contribution in [3.63, 3.8) is 0 Å². The molecule has 30 heavy (non-hydrogen) atoms. The van der Waals surface area contributed by atoms with Crippen molar-refractivity contribution in [3.8, 4) is 0 Å².